The van der Waals surface area contributed by atoms with Gasteiger partial charge in [0.2, 0.25) is 0 Å². The van der Waals surface area contributed by atoms with E-state index in [2.05, 4.69) is 81.1 Å². The van der Waals surface area contributed by atoms with Crippen LogP contribution in [0.4, 0.5) is 78.4 Å². The molecular formula is C74H61F10N15O3. The molecule has 6 aromatic carbocycles. The van der Waals surface area contributed by atoms with Crippen molar-refractivity contribution >= 4 is 84.6 Å². The number of fused-ring (bicyclic) bond motifs is 12. The van der Waals surface area contributed by atoms with Crippen molar-refractivity contribution in [3.8, 4) is 52.8 Å². The Morgan fingerprint density at radius 3 is 1.10 bits per heavy atom. The number of nitrogens with zero attached hydrogens (tertiary/aromatic N) is 15. The number of benzene rings is 6. The highest BCUT2D eigenvalue weighted by molar-refractivity contribution is 5.97. The van der Waals surface area contributed by atoms with Crippen molar-refractivity contribution in [1.29, 1.82) is 0 Å². The van der Waals surface area contributed by atoms with Gasteiger partial charge in [0.15, 0.2) is 52.2 Å². The fourth-order valence-corrected chi connectivity index (χ4v) is 12.1. The van der Waals surface area contributed by atoms with E-state index in [4.69, 9.17) is 14.2 Å². The van der Waals surface area contributed by atoms with Gasteiger partial charge >= 0.3 is 0 Å². The molecule has 0 N–H and O–H groups in total. The van der Waals surface area contributed by atoms with Crippen LogP contribution < -0.4 is 28.9 Å². The Morgan fingerprint density at radius 1 is 0.431 bits per heavy atom. The van der Waals surface area contributed by atoms with Crippen LogP contribution in [-0.2, 0) is 0 Å². The van der Waals surface area contributed by atoms with E-state index in [1.807, 2.05) is 43.9 Å². The summed E-state index contributed by atoms with van der Waals surface area (Å²) in [6.45, 7) is 13.0. The third-order valence-corrected chi connectivity index (χ3v) is 18.0. The summed E-state index contributed by atoms with van der Waals surface area (Å²) in [7, 11) is 0. The lowest BCUT2D eigenvalue weighted by Crippen LogP contribution is -2.31. The molecule has 3 aliphatic heterocycles. The molecule has 28 heteroatoms. The second kappa shape index (κ2) is 25.9. The molecule has 18 nitrogen and oxygen atoms in total. The van der Waals surface area contributed by atoms with Crippen molar-refractivity contribution in [2.75, 3.05) is 54.2 Å². The summed E-state index contributed by atoms with van der Waals surface area (Å²) >= 11 is 0. The maximum Gasteiger partial charge on any atom is 0.261 e. The van der Waals surface area contributed by atoms with Gasteiger partial charge in [0.25, 0.3) is 29.2 Å². The van der Waals surface area contributed by atoms with Crippen LogP contribution in [0.1, 0.15) is 97.3 Å². The third-order valence-electron chi connectivity index (χ3n) is 18.0. The summed E-state index contributed by atoms with van der Waals surface area (Å²) in [4.78, 5) is 18.9. The van der Waals surface area contributed by atoms with Gasteiger partial charge in [0.05, 0.1) is 97.1 Å². The Balaban J connectivity index is 0.000000130. The molecule has 102 heavy (non-hydrogen) atoms. The first-order valence-corrected chi connectivity index (χ1v) is 32.6. The molecular weight excluding hydrogens is 1340 g/mol. The van der Waals surface area contributed by atoms with E-state index in [1.165, 1.54) is 59.8 Å². The van der Waals surface area contributed by atoms with E-state index >= 15 is 13.2 Å². The topological polar surface area (TPSA) is 167 Å². The Kier molecular flexibility index (Phi) is 17.2. The van der Waals surface area contributed by atoms with Crippen molar-refractivity contribution < 1.29 is 58.1 Å². The first-order valence-electron chi connectivity index (χ1n) is 32.6. The zero-order valence-corrected chi connectivity index (χ0v) is 55.9. The van der Waals surface area contributed by atoms with Crippen LogP contribution in [0.3, 0.4) is 0 Å². The van der Waals surface area contributed by atoms with Gasteiger partial charge in [0, 0.05) is 38.9 Å². The predicted molar refractivity (Wildman–Crippen MR) is 362 cm³/mol. The van der Waals surface area contributed by atoms with Crippen LogP contribution in [0.25, 0.3) is 50.0 Å². The number of hydrogen-bond acceptors (Lipinski definition) is 15. The highest BCUT2D eigenvalue weighted by Crippen LogP contribution is 2.56. The number of hydrogen-bond donors (Lipinski definition) is 0. The van der Waals surface area contributed by atoms with Crippen LogP contribution in [0.5, 0.6) is 17.2 Å². The van der Waals surface area contributed by atoms with Crippen LogP contribution in [-0.4, -0.2) is 110 Å². The van der Waals surface area contributed by atoms with Crippen LogP contribution >= 0.6 is 0 Å². The van der Waals surface area contributed by atoms with Gasteiger partial charge in [-0.05, 0) is 140 Å². The van der Waals surface area contributed by atoms with Gasteiger partial charge in [-0.3, -0.25) is 13.2 Å². The van der Waals surface area contributed by atoms with E-state index in [1.54, 1.807) is 50.6 Å². The Bertz CT molecular complexity index is 5330. The predicted octanol–water partition coefficient (Wildman–Crippen LogP) is 15.6. The maximum absolute atomic E-state index is 15.2. The molecule has 0 radical (unpaired) electrons. The first-order chi connectivity index (χ1) is 48.7. The molecule has 1 saturated carbocycles. The van der Waals surface area contributed by atoms with E-state index in [-0.39, 0.29) is 50.6 Å². The van der Waals surface area contributed by atoms with E-state index in [9.17, 15) is 30.7 Å². The van der Waals surface area contributed by atoms with E-state index in [0.29, 0.717) is 139 Å². The minimum Gasteiger partial charge on any atom is -0.490 e. The summed E-state index contributed by atoms with van der Waals surface area (Å²) in [5.41, 5.74) is 1.41. The molecule has 0 amide bonds. The molecule has 9 heterocycles. The third kappa shape index (κ3) is 12.4. The number of para-hydroxylation sites is 3. The zero-order chi connectivity index (χ0) is 71.8. The standard InChI is InChI=1S/C25H19F4N5O.C25H21F4N5O.C24H21F2N5O/c1-24(28,29)25(10-11-25)9-8-15-4-2-5-18-21(15)35-13-3-12-33(18)22-19-17(7-6-16(26)20(19)27)34-14-30-32-23(34)31-22;1-24(2,25(3,28)29)11-10-15-6-4-7-18-21(15)35-13-5-12-33(18)22-19-17(9-8-16(26)20(19)27)34-14-30-32-23(34)31-22;1-24(2,3)11-10-15-6-4-7-18-21(15)32-13-5-12-30(18)22-19-17(9-8-16(25)20(19)26)31-14-27-29-23(31)28-22/h2,4-7,14H,3,10-13H2,1H3;4,6-9,14H,5,12-13H2,1-3H3;4,6-9,14H,5,12-13H2,1-3H3. The average molecular weight is 1400 g/mol. The molecule has 6 aromatic heterocycles. The Labute approximate surface area is 576 Å². The average Bonchev–Trinajstić information content (AvgIpc) is 0.929. The summed E-state index contributed by atoms with van der Waals surface area (Å²) in [6.07, 6.45) is 6.63. The molecule has 1 fully saturated rings. The van der Waals surface area contributed by atoms with Gasteiger partial charge in [0.1, 0.15) is 36.4 Å². The molecule has 12 aromatic rings. The molecule has 0 bridgehead atoms. The minimum atomic E-state index is -3.02. The molecule has 4 aliphatic rings. The summed E-state index contributed by atoms with van der Waals surface area (Å²) in [5, 5.41) is 23.6. The van der Waals surface area contributed by atoms with Gasteiger partial charge < -0.3 is 28.9 Å². The quantitative estimate of drug-likeness (QED) is 0.118. The minimum absolute atomic E-state index is 0.0239. The largest absolute Gasteiger partial charge is 0.490 e. The van der Waals surface area contributed by atoms with Crippen molar-refractivity contribution in [1.82, 2.24) is 58.7 Å². The number of rotatable bonds is 5. The van der Waals surface area contributed by atoms with Gasteiger partial charge in [-0.15, -0.1) is 30.6 Å². The first kappa shape index (κ1) is 67.7. The van der Waals surface area contributed by atoms with E-state index in [0.717, 1.165) is 37.6 Å². The normalized spacial score (nSPS) is 15.1. The second-order valence-electron chi connectivity index (χ2n) is 26.6. The smallest absolute Gasteiger partial charge is 0.261 e. The summed E-state index contributed by atoms with van der Waals surface area (Å²) in [5.74, 6) is 8.37. The molecule has 0 unspecified atom stereocenters. The summed E-state index contributed by atoms with van der Waals surface area (Å²) < 4.78 is 167. The lowest BCUT2D eigenvalue weighted by molar-refractivity contribution is -0.0585. The number of aromatic nitrogens is 12. The Hall–Kier alpha value is -11.5. The van der Waals surface area contributed by atoms with Crippen LogP contribution in [0.15, 0.2) is 110 Å². The molecule has 0 saturated heterocycles. The molecule has 16 rings (SSSR count). The number of halogens is 10. The van der Waals surface area contributed by atoms with Crippen molar-refractivity contribution in [2.45, 2.75) is 92.4 Å². The van der Waals surface area contributed by atoms with Crippen LogP contribution in [0.2, 0.25) is 0 Å². The van der Waals surface area contributed by atoms with Crippen LogP contribution in [0, 0.1) is 86.7 Å². The maximum atomic E-state index is 15.2. The lowest BCUT2D eigenvalue weighted by atomic mass is 9.87. The highest BCUT2D eigenvalue weighted by Gasteiger charge is 2.58. The molecule has 0 spiro atoms. The van der Waals surface area contributed by atoms with Gasteiger partial charge in [-0.1, -0.05) is 53.7 Å². The van der Waals surface area contributed by atoms with Crippen molar-refractivity contribution in [3.63, 3.8) is 0 Å². The number of ether oxygens (including phenoxy) is 3. The van der Waals surface area contributed by atoms with Crippen molar-refractivity contribution in [2.24, 2.45) is 16.2 Å². The SMILES string of the molecule is CC(C)(C)C#Cc1cccc2c1OCCCN2c1nc2nncn2c2ccc(F)c(F)c12.CC(F)(F)C(C)(C)C#Cc1cccc2c1OCCCN2c1nc2nncn2c2ccc(F)c(F)c12.CC(F)(F)C1(C#Cc2cccc3c2OCCCN3c2nc3nncn3c3ccc(F)c(F)c23)CC1. The monoisotopic (exact) mass is 1400 g/mol. The number of alkyl halides is 4. The zero-order valence-electron chi connectivity index (χ0n) is 55.9. The molecule has 520 valence electrons. The van der Waals surface area contributed by atoms with Crippen molar-refractivity contribution in [3.05, 3.63) is 162 Å². The fourth-order valence-electron chi connectivity index (χ4n) is 12.1. The molecule has 0 atom stereocenters. The van der Waals surface area contributed by atoms with Gasteiger partial charge in [-0.2, -0.15) is 15.0 Å². The second-order valence-corrected chi connectivity index (χ2v) is 26.6. The van der Waals surface area contributed by atoms with Gasteiger partial charge in [-0.25, -0.2) is 43.9 Å². The lowest BCUT2D eigenvalue weighted by Gasteiger charge is -2.26. The fraction of sp³-hybridized carbons (Fsp3) is 0.311. The highest BCUT2D eigenvalue weighted by atomic mass is 19.3. The Morgan fingerprint density at radius 2 is 0.775 bits per heavy atom. The van der Waals surface area contributed by atoms with E-state index < -0.39 is 57.6 Å². The summed E-state index contributed by atoms with van der Waals surface area (Å²) in [6, 6.07) is 23.5. The number of anilines is 6. The molecule has 1 aliphatic carbocycles.